The quantitative estimate of drug-likeness (QED) is 0.127. The minimum atomic E-state index is -1.23. The lowest BCUT2D eigenvalue weighted by Gasteiger charge is -2.33. The molecule has 3 atom stereocenters. The van der Waals surface area contributed by atoms with Gasteiger partial charge in [0.25, 0.3) is 0 Å². The summed E-state index contributed by atoms with van der Waals surface area (Å²) in [6.45, 7) is 16.2. The molecule has 1 fully saturated rings. The summed E-state index contributed by atoms with van der Waals surface area (Å²) in [5.41, 5.74) is -1.23. The van der Waals surface area contributed by atoms with Gasteiger partial charge < -0.3 is 35.5 Å². The standard InChI is InChI=1S/C31H57N5O8/c1-8-12-43-21-31(7,44-13-9-2)29(40)24(16-22(3)4)34-27(38)19-33-30(41)25(17-23(5)6)35-26(37)18-32-28(39)20-36-10-14-42-15-11-36/h22-25H,8-21H2,1-7H3,(H,32,39)(H,33,41)(H,34,38)(H,35,37)/t24-,25-,31?/m0/s1. The van der Waals surface area contributed by atoms with Gasteiger partial charge >= 0.3 is 0 Å². The molecule has 254 valence electrons. The highest BCUT2D eigenvalue weighted by Crippen LogP contribution is 2.20. The van der Waals surface area contributed by atoms with Crippen LogP contribution >= 0.6 is 0 Å². The molecular formula is C31H57N5O8. The van der Waals surface area contributed by atoms with Crippen LogP contribution < -0.4 is 21.3 Å². The van der Waals surface area contributed by atoms with E-state index in [0.29, 0.717) is 52.4 Å². The first-order valence-electron chi connectivity index (χ1n) is 16.0. The molecule has 1 aliphatic rings. The van der Waals surface area contributed by atoms with E-state index in [0.717, 1.165) is 12.8 Å². The number of hydrogen-bond acceptors (Lipinski definition) is 9. The van der Waals surface area contributed by atoms with Gasteiger partial charge in [-0.25, -0.2) is 0 Å². The molecule has 4 N–H and O–H groups in total. The Morgan fingerprint density at radius 3 is 1.91 bits per heavy atom. The van der Waals surface area contributed by atoms with Crippen molar-refractivity contribution in [1.82, 2.24) is 26.2 Å². The van der Waals surface area contributed by atoms with Gasteiger partial charge in [-0.05, 0) is 44.4 Å². The molecule has 0 aliphatic carbocycles. The molecule has 4 amide bonds. The third-order valence-corrected chi connectivity index (χ3v) is 6.93. The molecule has 13 heteroatoms. The van der Waals surface area contributed by atoms with E-state index in [2.05, 4.69) is 21.3 Å². The van der Waals surface area contributed by atoms with Crippen molar-refractivity contribution in [3.63, 3.8) is 0 Å². The van der Waals surface area contributed by atoms with E-state index in [1.165, 1.54) is 0 Å². The summed E-state index contributed by atoms with van der Waals surface area (Å²) >= 11 is 0. The molecule has 0 aromatic rings. The Bertz CT molecular complexity index is 909. The van der Waals surface area contributed by atoms with E-state index in [9.17, 15) is 24.0 Å². The maximum Gasteiger partial charge on any atom is 0.243 e. The van der Waals surface area contributed by atoms with Crippen molar-refractivity contribution < 1.29 is 38.2 Å². The molecule has 0 saturated carbocycles. The number of nitrogens with one attached hydrogen (secondary N) is 4. The molecule has 1 aliphatic heterocycles. The van der Waals surface area contributed by atoms with Gasteiger partial charge in [-0.1, -0.05) is 41.5 Å². The highest BCUT2D eigenvalue weighted by atomic mass is 16.5. The minimum Gasteiger partial charge on any atom is -0.379 e. The zero-order chi connectivity index (χ0) is 33.1. The molecule has 1 heterocycles. The Morgan fingerprint density at radius 2 is 1.34 bits per heavy atom. The number of ether oxygens (including phenoxy) is 3. The highest BCUT2D eigenvalue weighted by Gasteiger charge is 2.40. The van der Waals surface area contributed by atoms with E-state index in [1.807, 2.05) is 46.4 Å². The molecule has 0 aromatic carbocycles. The second-order valence-corrected chi connectivity index (χ2v) is 12.4. The van der Waals surface area contributed by atoms with Crippen LogP contribution in [0.25, 0.3) is 0 Å². The molecule has 0 spiro atoms. The smallest absolute Gasteiger partial charge is 0.243 e. The molecule has 13 nitrogen and oxygen atoms in total. The number of ketones is 1. The van der Waals surface area contributed by atoms with Crippen molar-refractivity contribution in [3.8, 4) is 0 Å². The Morgan fingerprint density at radius 1 is 0.795 bits per heavy atom. The van der Waals surface area contributed by atoms with Gasteiger partial charge in [-0.3, -0.25) is 28.9 Å². The van der Waals surface area contributed by atoms with Gasteiger partial charge in [0, 0.05) is 26.3 Å². The molecule has 1 unspecified atom stereocenters. The summed E-state index contributed by atoms with van der Waals surface area (Å²) in [4.78, 5) is 66.4. The lowest BCUT2D eigenvalue weighted by Crippen LogP contribution is -2.56. The topological polar surface area (TPSA) is 164 Å². The Balaban J connectivity index is 2.76. The number of hydrogen-bond donors (Lipinski definition) is 4. The lowest BCUT2D eigenvalue weighted by molar-refractivity contribution is -0.155. The van der Waals surface area contributed by atoms with Crippen LogP contribution in [-0.2, 0) is 38.2 Å². The van der Waals surface area contributed by atoms with Gasteiger partial charge in [-0.2, -0.15) is 0 Å². The number of rotatable bonds is 22. The minimum absolute atomic E-state index is 0.0690. The van der Waals surface area contributed by atoms with Crippen molar-refractivity contribution in [3.05, 3.63) is 0 Å². The number of nitrogens with zero attached hydrogens (tertiary/aromatic N) is 1. The highest BCUT2D eigenvalue weighted by molar-refractivity contribution is 5.96. The Labute approximate surface area is 263 Å². The number of amides is 4. The van der Waals surface area contributed by atoms with Crippen LogP contribution in [0.4, 0.5) is 0 Å². The predicted molar refractivity (Wildman–Crippen MR) is 167 cm³/mol. The summed E-state index contributed by atoms with van der Waals surface area (Å²) in [7, 11) is 0. The maximum absolute atomic E-state index is 13.7. The zero-order valence-corrected chi connectivity index (χ0v) is 27.9. The fourth-order valence-corrected chi connectivity index (χ4v) is 4.68. The van der Waals surface area contributed by atoms with Crippen LogP contribution in [0.2, 0.25) is 0 Å². The maximum atomic E-state index is 13.7. The largest absolute Gasteiger partial charge is 0.379 e. The number of carbonyl (C=O) groups is 5. The van der Waals surface area contributed by atoms with Gasteiger partial charge in [-0.15, -0.1) is 0 Å². The summed E-state index contributed by atoms with van der Waals surface area (Å²) in [6, 6.07) is -1.74. The van der Waals surface area contributed by atoms with E-state index in [4.69, 9.17) is 14.2 Å². The summed E-state index contributed by atoms with van der Waals surface area (Å²) in [5.74, 6) is -1.97. The normalized spacial score (nSPS) is 16.6. The van der Waals surface area contributed by atoms with Crippen molar-refractivity contribution in [2.45, 2.75) is 91.8 Å². The Kier molecular flexibility index (Phi) is 19.0. The van der Waals surface area contributed by atoms with Crippen LogP contribution in [0.15, 0.2) is 0 Å². The molecule has 0 bridgehead atoms. The number of morpholine rings is 1. The average molecular weight is 628 g/mol. The average Bonchev–Trinajstić information content (AvgIpc) is 2.97. The van der Waals surface area contributed by atoms with Crippen LogP contribution in [-0.4, -0.2) is 118 Å². The second-order valence-electron chi connectivity index (χ2n) is 12.4. The number of Topliss-reactive ketones (excluding diaryl/α,β-unsaturated/α-hetero) is 1. The van der Waals surface area contributed by atoms with E-state index < -0.39 is 35.4 Å². The van der Waals surface area contributed by atoms with E-state index >= 15 is 0 Å². The fraction of sp³-hybridized carbons (Fsp3) is 0.839. The molecule has 1 rings (SSSR count). The molecular weight excluding hydrogens is 570 g/mol. The van der Waals surface area contributed by atoms with Gasteiger partial charge in [0.2, 0.25) is 23.6 Å². The lowest BCUT2D eigenvalue weighted by atomic mass is 9.90. The van der Waals surface area contributed by atoms with Crippen LogP contribution in [0.3, 0.4) is 0 Å². The van der Waals surface area contributed by atoms with Crippen molar-refractivity contribution >= 4 is 29.4 Å². The van der Waals surface area contributed by atoms with Crippen molar-refractivity contribution in [2.24, 2.45) is 11.8 Å². The third kappa shape index (κ3) is 15.9. The first-order valence-corrected chi connectivity index (χ1v) is 16.0. The summed E-state index contributed by atoms with van der Waals surface area (Å²) < 4.78 is 16.9. The van der Waals surface area contributed by atoms with E-state index in [-0.39, 0.29) is 49.8 Å². The zero-order valence-electron chi connectivity index (χ0n) is 27.9. The summed E-state index contributed by atoms with van der Waals surface area (Å²) in [5, 5.41) is 10.6. The monoisotopic (exact) mass is 627 g/mol. The van der Waals surface area contributed by atoms with Gasteiger partial charge in [0.15, 0.2) is 5.78 Å². The fourth-order valence-electron chi connectivity index (χ4n) is 4.68. The predicted octanol–water partition coefficient (Wildman–Crippen LogP) is 0.794. The molecule has 0 aromatic heterocycles. The first-order chi connectivity index (χ1) is 20.8. The van der Waals surface area contributed by atoms with Crippen LogP contribution in [0.5, 0.6) is 0 Å². The van der Waals surface area contributed by atoms with Crippen LogP contribution in [0, 0.1) is 11.8 Å². The summed E-state index contributed by atoms with van der Waals surface area (Å²) in [6.07, 6.45) is 2.24. The number of carbonyl (C=O) groups excluding carboxylic acids is 5. The SMILES string of the molecule is CCCOCC(C)(OCCC)C(=O)[C@H](CC(C)C)NC(=O)CNC(=O)[C@H](CC(C)C)NC(=O)CNC(=O)CN1CCOCC1. The van der Waals surface area contributed by atoms with Crippen molar-refractivity contribution in [1.29, 1.82) is 0 Å². The third-order valence-electron chi connectivity index (χ3n) is 6.93. The van der Waals surface area contributed by atoms with Gasteiger partial charge in [0.1, 0.15) is 11.6 Å². The molecule has 44 heavy (non-hydrogen) atoms. The molecule has 1 saturated heterocycles. The van der Waals surface area contributed by atoms with Gasteiger partial charge in [0.05, 0.1) is 45.5 Å². The first kappa shape index (κ1) is 39.4. The molecule has 0 radical (unpaired) electrons. The van der Waals surface area contributed by atoms with Crippen molar-refractivity contribution in [2.75, 3.05) is 65.8 Å². The van der Waals surface area contributed by atoms with Crippen LogP contribution in [0.1, 0.15) is 74.1 Å². The van der Waals surface area contributed by atoms with E-state index in [1.54, 1.807) is 6.92 Å². The second kappa shape index (κ2) is 21.2. The Hall–Kier alpha value is -2.61.